The molecule has 2 rings (SSSR count). The summed E-state index contributed by atoms with van der Waals surface area (Å²) < 4.78 is 1.04. The van der Waals surface area contributed by atoms with Gasteiger partial charge < -0.3 is 10.6 Å². The minimum Gasteiger partial charge on any atom is -0.354 e. The van der Waals surface area contributed by atoms with Crippen molar-refractivity contribution in [1.29, 1.82) is 0 Å². The third-order valence-corrected chi connectivity index (χ3v) is 6.00. The third kappa shape index (κ3) is 7.91. The second-order valence-corrected chi connectivity index (χ2v) is 9.13. The van der Waals surface area contributed by atoms with Crippen molar-refractivity contribution in [3.05, 3.63) is 46.4 Å². The molecule has 0 saturated carbocycles. The van der Waals surface area contributed by atoms with Crippen LogP contribution < -0.4 is 10.6 Å². The fourth-order valence-corrected chi connectivity index (χ4v) is 4.17. The standard InChI is InChI=1S/C19H24ClN3O2S2/c1-13(2)12-16(23-17(24)14-4-6-15(20)7-5-14)18(25)21-8-3-10-26-19-22-9-11-27-19/h4-7,9,11,13,16H,3,8,10,12H2,1-2H3,(H,21,25)(H,23,24). The summed E-state index contributed by atoms with van der Waals surface area (Å²) in [6.45, 7) is 4.63. The van der Waals surface area contributed by atoms with E-state index in [4.69, 9.17) is 11.6 Å². The van der Waals surface area contributed by atoms with E-state index in [0.717, 1.165) is 16.5 Å². The number of hydrogen-bond acceptors (Lipinski definition) is 5. The summed E-state index contributed by atoms with van der Waals surface area (Å²) in [5.74, 6) is 0.753. The second-order valence-electron chi connectivity index (χ2n) is 6.45. The Labute approximate surface area is 173 Å². The van der Waals surface area contributed by atoms with E-state index in [1.54, 1.807) is 53.6 Å². The van der Waals surface area contributed by atoms with Crippen LogP contribution in [0.15, 0.2) is 40.2 Å². The van der Waals surface area contributed by atoms with Crippen molar-refractivity contribution in [1.82, 2.24) is 15.6 Å². The van der Waals surface area contributed by atoms with E-state index in [2.05, 4.69) is 15.6 Å². The Morgan fingerprint density at radius 3 is 2.63 bits per heavy atom. The van der Waals surface area contributed by atoms with Gasteiger partial charge in [0.05, 0.1) is 0 Å². The summed E-state index contributed by atoms with van der Waals surface area (Å²) >= 11 is 9.15. The fraction of sp³-hybridized carbons (Fsp3) is 0.421. The molecule has 0 aliphatic rings. The van der Waals surface area contributed by atoms with E-state index in [1.807, 2.05) is 19.2 Å². The summed E-state index contributed by atoms with van der Waals surface area (Å²) in [5, 5.41) is 8.29. The number of aromatic nitrogens is 1. The molecule has 2 amide bonds. The van der Waals surface area contributed by atoms with Crippen molar-refractivity contribution in [3.8, 4) is 0 Å². The number of halogens is 1. The highest BCUT2D eigenvalue weighted by molar-refractivity contribution is 8.00. The summed E-state index contributed by atoms with van der Waals surface area (Å²) in [6, 6.07) is 6.07. The number of carbonyl (C=O) groups excluding carboxylic acids is 2. The average molecular weight is 426 g/mol. The molecule has 146 valence electrons. The molecular weight excluding hydrogens is 402 g/mol. The van der Waals surface area contributed by atoms with E-state index in [-0.39, 0.29) is 17.7 Å². The number of hydrogen-bond donors (Lipinski definition) is 2. The van der Waals surface area contributed by atoms with Crippen LogP contribution in [0.25, 0.3) is 0 Å². The van der Waals surface area contributed by atoms with E-state index >= 15 is 0 Å². The van der Waals surface area contributed by atoms with Crippen LogP contribution in [0.1, 0.15) is 37.0 Å². The lowest BCUT2D eigenvalue weighted by Gasteiger charge is -2.20. The SMILES string of the molecule is CC(C)CC(NC(=O)c1ccc(Cl)cc1)C(=O)NCCCSc1nccs1. The molecule has 27 heavy (non-hydrogen) atoms. The molecule has 1 heterocycles. The topological polar surface area (TPSA) is 71.1 Å². The fourth-order valence-electron chi connectivity index (χ4n) is 2.39. The quantitative estimate of drug-likeness (QED) is 0.441. The molecule has 1 unspecified atom stereocenters. The van der Waals surface area contributed by atoms with Crippen molar-refractivity contribution >= 4 is 46.5 Å². The van der Waals surface area contributed by atoms with Crippen LogP contribution in [0.5, 0.6) is 0 Å². The van der Waals surface area contributed by atoms with Gasteiger partial charge in [-0.05, 0) is 43.0 Å². The second kappa shape index (κ2) is 11.3. The van der Waals surface area contributed by atoms with Crippen LogP contribution in [0.3, 0.4) is 0 Å². The zero-order valence-corrected chi connectivity index (χ0v) is 17.8. The molecule has 0 radical (unpaired) electrons. The molecule has 2 N–H and O–H groups in total. The van der Waals surface area contributed by atoms with Gasteiger partial charge in [0.1, 0.15) is 10.4 Å². The first-order chi connectivity index (χ1) is 13.0. The van der Waals surface area contributed by atoms with Crippen LogP contribution in [-0.2, 0) is 4.79 Å². The minimum absolute atomic E-state index is 0.148. The van der Waals surface area contributed by atoms with Gasteiger partial charge in [-0.3, -0.25) is 9.59 Å². The molecule has 1 aromatic heterocycles. The van der Waals surface area contributed by atoms with Crippen molar-refractivity contribution < 1.29 is 9.59 Å². The van der Waals surface area contributed by atoms with Gasteiger partial charge in [-0.15, -0.1) is 11.3 Å². The van der Waals surface area contributed by atoms with Crippen LogP contribution >= 0.6 is 34.7 Å². The Hall–Kier alpha value is -1.57. The van der Waals surface area contributed by atoms with Crippen LogP contribution in [0, 0.1) is 5.92 Å². The van der Waals surface area contributed by atoms with E-state index in [1.165, 1.54) is 0 Å². The summed E-state index contributed by atoms with van der Waals surface area (Å²) in [5.41, 5.74) is 0.487. The maximum atomic E-state index is 12.5. The number of nitrogens with zero attached hydrogens (tertiary/aromatic N) is 1. The van der Waals surface area contributed by atoms with Crippen LogP contribution in [0.2, 0.25) is 5.02 Å². The molecule has 0 fully saturated rings. The zero-order valence-electron chi connectivity index (χ0n) is 15.4. The van der Waals surface area contributed by atoms with Crippen molar-refractivity contribution in [3.63, 3.8) is 0 Å². The van der Waals surface area contributed by atoms with Crippen LogP contribution in [-0.4, -0.2) is 35.1 Å². The van der Waals surface area contributed by atoms with Gasteiger partial charge in [0, 0.05) is 34.5 Å². The van der Waals surface area contributed by atoms with Gasteiger partial charge in [0.2, 0.25) is 5.91 Å². The lowest BCUT2D eigenvalue weighted by atomic mass is 10.0. The lowest BCUT2D eigenvalue weighted by Crippen LogP contribution is -2.47. The molecule has 8 heteroatoms. The highest BCUT2D eigenvalue weighted by Crippen LogP contribution is 2.20. The van der Waals surface area contributed by atoms with Crippen LogP contribution in [0.4, 0.5) is 0 Å². The van der Waals surface area contributed by atoms with Gasteiger partial charge in [-0.25, -0.2) is 4.98 Å². The largest absolute Gasteiger partial charge is 0.354 e. The first-order valence-electron chi connectivity index (χ1n) is 8.82. The number of thiazole rings is 1. The highest BCUT2D eigenvalue weighted by atomic mass is 35.5. The Morgan fingerprint density at radius 1 is 1.26 bits per heavy atom. The molecule has 1 atom stereocenters. The first kappa shape index (κ1) is 21.7. The molecule has 2 aromatic rings. The van der Waals surface area contributed by atoms with E-state index in [9.17, 15) is 9.59 Å². The van der Waals surface area contributed by atoms with Gasteiger partial charge >= 0.3 is 0 Å². The predicted molar refractivity (Wildman–Crippen MR) is 113 cm³/mol. The molecule has 0 saturated heterocycles. The summed E-state index contributed by atoms with van der Waals surface area (Å²) in [4.78, 5) is 29.2. The highest BCUT2D eigenvalue weighted by Gasteiger charge is 2.22. The minimum atomic E-state index is -0.556. The third-order valence-electron chi connectivity index (χ3n) is 3.69. The zero-order chi connectivity index (χ0) is 19.6. The van der Waals surface area contributed by atoms with E-state index < -0.39 is 6.04 Å². The smallest absolute Gasteiger partial charge is 0.251 e. The Morgan fingerprint density at radius 2 is 2.00 bits per heavy atom. The lowest BCUT2D eigenvalue weighted by molar-refractivity contribution is -0.123. The molecular formula is C19H24ClN3O2S2. The van der Waals surface area contributed by atoms with Crippen molar-refractivity contribution in [2.45, 2.75) is 37.1 Å². The molecule has 1 aromatic carbocycles. The van der Waals surface area contributed by atoms with Crippen molar-refractivity contribution in [2.75, 3.05) is 12.3 Å². The number of thioether (sulfide) groups is 1. The van der Waals surface area contributed by atoms with Crippen molar-refractivity contribution in [2.24, 2.45) is 5.92 Å². The molecule has 0 bridgehead atoms. The number of benzene rings is 1. The van der Waals surface area contributed by atoms with Gasteiger partial charge in [0.25, 0.3) is 5.91 Å². The Kier molecular flexibility index (Phi) is 9.10. The summed E-state index contributed by atoms with van der Waals surface area (Å²) in [6.07, 6.45) is 3.21. The predicted octanol–water partition coefficient (Wildman–Crippen LogP) is 4.24. The van der Waals surface area contributed by atoms with E-state index in [0.29, 0.717) is 23.6 Å². The number of carbonyl (C=O) groups is 2. The Balaban J connectivity index is 1.81. The normalized spacial score (nSPS) is 12.0. The summed E-state index contributed by atoms with van der Waals surface area (Å²) in [7, 11) is 0. The number of rotatable bonds is 10. The monoisotopic (exact) mass is 425 g/mol. The molecule has 5 nitrogen and oxygen atoms in total. The molecule has 0 aliphatic heterocycles. The number of nitrogens with one attached hydrogen (secondary N) is 2. The first-order valence-corrected chi connectivity index (χ1v) is 11.1. The van der Waals surface area contributed by atoms with Gasteiger partial charge in [-0.2, -0.15) is 0 Å². The molecule has 0 aliphatic carbocycles. The maximum absolute atomic E-state index is 12.5. The molecule has 0 spiro atoms. The maximum Gasteiger partial charge on any atom is 0.251 e. The average Bonchev–Trinajstić information content (AvgIpc) is 3.14. The Bertz CT molecular complexity index is 721. The number of amides is 2. The van der Waals surface area contributed by atoms with Gasteiger partial charge in [0.15, 0.2) is 0 Å². The van der Waals surface area contributed by atoms with Gasteiger partial charge in [-0.1, -0.05) is 37.2 Å².